The Morgan fingerprint density at radius 1 is 1.47 bits per heavy atom. The molecule has 1 aliphatic rings. The summed E-state index contributed by atoms with van der Waals surface area (Å²) in [5.74, 6) is -0.912. The highest BCUT2D eigenvalue weighted by atomic mass is 79.9. The van der Waals surface area contributed by atoms with Gasteiger partial charge in [-0.05, 0) is 37.0 Å². The van der Waals surface area contributed by atoms with Crippen LogP contribution in [-0.2, 0) is 14.8 Å². The van der Waals surface area contributed by atoms with E-state index in [1.165, 1.54) is 12.1 Å². The molecule has 1 fully saturated rings. The summed E-state index contributed by atoms with van der Waals surface area (Å²) < 4.78 is 27.4. The van der Waals surface area contributed by atoms with Gasteiger partial charge >= 0.3 is 5.97 Å². The van der Waals surface area contributed by atoms with Crippen LogP contribution in [0.4, 0.5) is 0 Å². The zero-order chi connectivity index (χ0) is 14.3. The highest BCUT2D eigenvalue weighted by molar-refractivity contribution is 9.10. The van der Waals surface area contributed by atoms with Crippen LogP contribution in [0.1, 0.15) is 19.8 Å². The van der Waals surface area contributed by atoms with Gasteiger partial charge in [-0.3, -0.25) is 4.79 Å². The van der Waals surface area contributed by atoms with E-state index >= 15 is 0 Å². The summed E-state index contributed by atoms with van der Waals surface area (Å²) in [6.07, 6.45) is 0.630. The van der Waals surface area contributed by atoms with Crippen LogP contribution < -0.4 is 4.72 Å². The van der Waals surface area contributed by atoms with Gasteiger partial charge in [0.25, 0.3) is 0 Å². The van der Waals surface area contributed by atoms with Crippen molar-refractivity contribution in [2.75, 3.05) is 0 Å². The lowest BCUT2D eigenvalue weighted by molar-refractivity contribution is -0.149. The zero-order valence-corrected chi connectivity index (χ0v) is 12.7. The molecule has 0 radical (unpaired) electrons. The number of aliphatic carboxylic acids is 1. The molecule has 2 N–H and O–H groups in total. The van der Waals surface area contributed by atoms with Gasteiger partial charge in [-0.1, -0.05) is 28.9 Å². The lowest BCUT2D eigenvalue weighted by atomic mass is 9.70. The number of sulfonamides is 1. The molecule has 0 atom stereocenters. The summed E-state index contributed by atoms with van der Waals surface area (Å²) >= 11 is 3.20. The Balaban J connectivity index is 2.29. The third-order valence-electron chi connectivity index (χ3n) is 3.24. The van der Waals surface area contributed by atoms with Crippen LogP contribution >= 0.6 is 15.9 Å². The Bertz CT molecular complexity index is 608. The summed E-state index contributed by atoms with van der Waals surface area (Å²) in [5.41, 5.74) is -1.36. The molecule has 1 aliphatic carbocycles. The first-order valence-electron chi connectivity index (χ1n) is 5.78. The first-order valence-corrected chi connectivity index (χ1v) is 8.06. The molecule has 5 nitrogen and oxygen atoms in total. The number of benzene rings is 1. The van der Waals surface area contributed by atoms with Crippen molar-refractivity contribution >= 4 is 31.9 Å². The topological polar surface area (TPSA) is 83.5 Å². The second-order valence-corrected chi connectivity index (χ2v) is 7.56. The van der Waals surface area contributed by atoms with Crippen molar-refractivity contribution in [3.63, 3.8) is 0 Å². The van der Waals surface area contributed by atoms with Gasteiger partial charge in [-0.25, -0.2) is 8.42 Å². The molecule has 0 amide bonds. The minimum atomic E-state index is -3.83. The van der Waals surface area contributed by atoms with Crippen molar-refractivity contribution in [1.82, 2.24) is 4.72 Å². The highest BCUT2D eigenvalue weighted by Crippen LogP contribution is 2.38. The number of carboxylic acid groups (broad SMARTS) is 1. The molecule has 0 heterocycles. The van der Waals surface area contributed by atoms with E-state index in [1.54, 1.807) is 12.1 Å². The largest absolute Gasteiger partial charge is 0.480 e. The molecule has 0 saturated heterocycles. The fraction of sp³-hybridized carbons (Fsp3) is 0.417. The third-order valence-corrected chi connectivity index (χ3v) is 5.27. The SMILES string of the molecule is CC1CC(NS(=O)(=O)c2cccc(Br)c2)(C(=O)O)C1. The standard InChI is InChI=1S/C12H14BrNO4S/c1-8-6-12(7-8,11(15)16)14-19(17,18)10-4-2-3-9(13)5-10/h2-5,8,14H,6-7H2,1H3,(H,15,16). The number of hydrogen-bond acceptors (Lipinski definition) is 3. The maximum absolute atomic E-state index is 12.2. The number of nitrogens with one attached hydrogen (secondary N) is 1. The fourth-order valence-corrected chi connectivity index (χ4v) is 4.36. The van der Waals surface area contributed by atoms with Crippen LogP contribution in [0.3, 0.4) is 0 Å². The maximum atomic E-state index is 12.2. The van der Waals surface area contributed by atoms with Crippen LogP contribution in [0.2, 0.25) is 0 Å². The van der Waals surface area contributed by atoms with Crippen molar-refractivity contribution < 1.29 is 18.3 Å². The molecule has 2 rings (SSSR count). The van der Waals surface area contributed by atoms with Crippen molar-refractivity contribution in [3.8, 4) is 0 Å². The van der Waals surface area contributed by atoms with Gasteiger partial charge in [-0.2, -0.15) is 4.72 Å². The monoisotopic (exact) mass is 347 g/mol. The van der Waals surface area contributed by atoms with Crippen molar-refractivity contribution in [2.24, 2.45) is 5.92 Å². The maximum Gasteiger partial charge on any atom is 0.324 e. The summed E-state index contributed by atoms with van der Waals surface area (Å²) in [4.78, 5) is 11.3. The molecule has 0 spiro atoms. The Morgan fingerprint density at radius 2 is 2.11 bits per heavy atom. The lowest BCUT2D eigenvalue weighted by Gasteiger charge is -2.42. The third kappa shape index (κ3) is 2.82. The number of halogens is 1. The summed E-state index contributed by atoms with van der Waals surface area (Å²) in [7, 11) is -3.83. The van der Waals surface area contributed by atoms with Gasteiger partial charge in [0.2, 0.25) is 10.0 Å². The van der Waals surface area contributed by atoms with E-state index in [0.29, 0.717) is 17.3 Å². The van der Waals surface area contributed by atoms with Crippen molar-refractivity contribution in [3.05, 3.63) is 28.7 Å². The first kappa shape index (κ1) is 14.5. The Labute approximate surface area is 120 Å². The molecule has 0 aliphatic heterocycles. The molecule has 104 valence electrons. The van der Waals surface area contributed by atoms with Crippen LogP contribution in [0, 0.1) is 5.92 Å². The molecule has 0 unspecified atom stereocenters. The Morgan fingerprint density at radius 3 is 2.58 bits per heavy atom. The highest BCUT2D eigenvalue weighted by Gasteiger charge is 2.51. The molecule has 0 aromatic heterocycles. The number of carboxylic acids is 1. The molecule has 1 aromatic carbocycles. The summed E-state index contributed by atoms with van der Waals surface area (Å²) in [5, 5.41) is 9.23. The van der Waals surface area contributed by atoms with Gasteiger partial charge < -0.3 is 5.11 Å². The Kier molecular flexibility index (Phi) is 3.72. The van der Waals surface area contributed by atoms with E-state index in [-0.39, 0.29) is 10.8 Å². The number of hydrogen-bond donors (Lipinski definition) is 2. The predicted octanol–water partition coefficient (Wildman–Crippen LogP) is 1.98. The zero-order valence-electron chi connectivity index (χ0n) is 10.3. The molecule has 19 heavy (non-hydrogen) atoms. The van der Waals surface area contributed by atoms with E-state index in [0.717, 1.165) is 0 Å². The van der Waals surface area contributed by atoms with Crippen molar-refractivity contribution in [2.45, 2.75) is 30.2 Å². The van der Waals surface area contributed by atoms with Gasteiger partial charge in [-0.15, -0.1) is 0 Å². The van der Waals surface area contributed by atoms with E-state index < -0.39 is 21.5 Å². The van der Waals surface area contributed by atoms with Crippen LogP contribution in [-0.4, -0.2) is 25.0 Å². The summed E-state index contributed by atoms with van der Waals surface area (Å²) in [6, 6.07) is 6.18. The fourth-order valence-electron chi connectivity index (χ4n) is 2.38. The smallest absolute Gasteiger partial charge is 0.324 e. The van der Waals surface area contributed by atoms with E-state index in [1.807, 2.05) is 6.92 Å². The van der Waals surface area contributed by atoms with Crippen molar-refractivity contribution in [1.29, 1.82) is 0 Å². The summed E-state index contributed by atoms with van der Waals surface area (Å²) in [6.45, 7) is 1.90. The molecular weight excluding hydrogens is 334 g/mol. The lowest BCUT2D eigenvalue weighted by Crippen LogP contribution is -2.61. The van der Waals surface area contributed by atoms with E-state index in [4.69, 9.17) is 0 Å². The van der Waals surface area contributed by atoms with Crippen LogP contribution in [0.25, 0.3) is 0 Å². The number of rotatable bonds is 4. The van der Waals surface area contributed by atoms with Gasteiger partial charge in [0.05, 0.1) is 4.90 Å². The van der Waals surface area contributed by atoms with Crippen LogP contribution in [0.5, 0.6) is 0 Å². The van der Waals surface area contributed by atoms with Gasteiger partial charge in [0.1, 0.15) is 5.54 Å². The second-order valence-electron chi connectivity index (χ2n) is 4.96. The molecule has 0 bridgehead atoms. The molecule has 1 saturated carbocycles. The normalized spacial score (nSPS) is 26.7. The second kappa shape index (κ2) is 4.88. The first-order chi connectivity index (χ1) is 8.75. The number of carbonyl (C=O) groups is 1. The average Bonchev–Trinajstić information content (AvgIpc) is 2.26. The van der Waals surface area contributed by atoms with E-state index in [9.17, 15) is 18.3 Å². The van der Waals surface area contributed by atoms with Gasteiger partial charge in [0, 0.05) is 4.47 Å². The minimum Gasteiger partial charge on any atom is -0.480 e. The molecule has 7 heteroatoms. The van der Waals surface area contributed by atoms with Gasteiger partial charge in [0.15, 0.2) is 0 Å². The molecule has 1 aromatic rings. The van der Waals surface area contributed by atoms with Crippen LogP contribution in [0.15, 0.2) is 33.6 Å². The quantitative estimate of drug-likeness (QED) is 0.872. The molecular formula is C12H14BrNO4S. The Hall–Kier alpha value is -0.920. The van der Waals surface area contributed by atoms with E-state index in [2.05, 4.69) is 20.7 Å². The average molecular weight is 348 g/mol. The predicted molar refractivity (Wildman–Crippen MR) is 73.2 cm³/mol. The minimum absolute atomic E-state index is 0.0575.